The minimum absolute atomic E-state index is 0.154. The molecule has 0 atom stereocenters. The molecule has 0 spiro atoms. The Morgan fingerprint density at radius 3 is 2.31 bits per heavy atom. The first kappa shape index (κ1) is 21.5. The van der Waals surface area contributed by atoms with Crippen LogP contribution in [0.15, 0.2) is 47.3 Å². The first-order chi connectivity index (χ1) is 13.5. The summed E-state index contributed by atoms with van der Waals surface area (Å²) >= 11 is 0. The Kier molecular flexibility index (Phi) is 5.83. The Morgan fingerprint density at radius 1 is 1.07 bits per heavy atom. The largest absolute Gasteiger partial charge is 0.413 e. The molecule has 1 aromatic heterocycles. The molecule has 1 heterocycles. The van der Waals surface area contributed by atoms with Gasteiger partial charge in [0, 0.05) is 22.7 Å². The molecule has 2 aromatic carbocycles. The van der Waals surface area contributed by atoms with Crippen molar-refractivity contribution in [3.63, 3.8) is 0 Å². The molecule has 0 saturated carbocycles. The summed E-state index contributed by atoms with van der Waals surface area (Å²) in [4.78, 5) is 15.5. The number of nitrogens with one attached hydrogen (secondary N) is 1. The van der Waals surface area contributed by atoms with Gasteiger partial charge >= 0.3 is 0 Å². The van der Waals surface area contributed by atoms with Crippen molar-refractivity contribution < 1.29 is 8.82 Å². The minimum Gasteiger partial charge on any atom is -0.413 e. The van der Waals surface area contributed by atoms with Crippen molar-refractivity contribution in [2.45, 2.75) is 58.9 Å². The third-order valence-electron chi connectivity index (χ3n) is 6.02. The maximum Gasteiger partial charge on any atom is 0.192 e. The van der Waals surface area contributed by atoms with Crippen LogP contribution in [0.5, 0.6) is 0 Å². The van der Waals surface area contributed by atoms with Crippen molar-refractivity contribution in [2.75, 3.05) is 0 Å². The molecule has 0 amide bonds. The van der Waals surface area contributed by atoms with E-state index in [0.717, 1.165) is 23.2 Å². The first-order valence-corrected chi connectivity index (χ1v) is 13.0. The summed E-state index contributed by atoms with van der Waals surface area (Å²) in [6, 6.07) is 12.4. The summed E-state index contributed by atoms with van der Waals surface area (Å²) in [7, 11) is -1.81. The maximum absolute atomic E-state index is 14.7. The average Bonchev–Trinajstić information content (AvgIpc) is 2.66. The molecule has 3 aromatic rings. The molecule has 3 nitrogen and oxygen atoms in total. The number of pyridine rings is 1. The number of halogens is 1. The Morgan fingerprint density at radius 2 is 1.72 bits per heavy atom. The summed E-state index contributed by atoms with van der Waals surface area (Å²) in [5.74, 6) is -0.391. The van der Waals surface area contributed by atoms with Gasteiger partial charge in [0.15, 0.2) is 13.7 Å². The summed E-state index contributed by atoms with van der Waals surface area (Å²) in [6.45, 7) is 13.7. The van der Waals surface area contributed by atoms with Crippen LogP contribution in [-0.2, 0) is 17.5 Å². The van der Waals surface area contributed by atoms with Gasteiger partial charge in [0.1, 0.15) is 5.82 Å². The summed E-state index contributed by atoms with van der Waals surface area (Å²) in [6.07, 6.45) is 0.723. The second kappa shape index (κ2) is 7.88. The van der Waals surface area contributed by atoms with Crippen LogP contribution < -0.4 is 5.43 Å². The smallest absolute Gasteiger partial charge is 0.192 e. The van der Waals surface area contributed by atoms with Crippen LogP contribution >= 0.6 is 0 Å². The lowest BCUT2D eigenvalue weighted by Crippen LogP contribution is -2.40. The zero-order valence-corrected chi connectivity index (χ0v) is 19.2. The van der Waals surface area contributed by atoms with Crippen LogP contribution in [0.1, 0.15) is 39.0 Å². The van der Waals surface area contributed by atoms with Gasteiger partial charge in [-0.1, -0.05) is 52.0 Å². The maximum atomic E-state index is 14.7. The van der Waals surface area contributed by atoms with E-state index < -0.39 is 14.1 Å². The van der Waals surface area contributed by atoms with E-state index in [-0.39, 0.29) is 10.5 Å². The van der Waals surface area contributed by atoms with E-state index in [0.29, 0.717) is 23.1 Å². The van der Waals surface area contributed by atoms with Crippen molar-refractivity contribution in [3.8, 4) is 11.1 Å². The van der Waals surface area contributed by atoms with Crippen LogP contribution in [0.25, 0.3) is 22.0 Å². The number of hydrogen-bond acceptors (Lipinski definition) is 2. The number of rotatable bonds is 5. The molecule has 3 rings (SSSR count). The molecule has 0 fully saturated rings. The molecule has 0 aliphatic rings. The zero-order valence-electron chi connectivity index (χ0n) is 18.2. The predicted molar refractivity (Wildman–Crippen MR) is 121 cm³/mol. The molecule has 5 heteroatoms. The molecule has 29 heavy (non-hydrogen) atoms. The molecule has 154 valence electrons. The fourth-order valence-electron chi connectivity index (χ4n) is 3.00. The molecular weight excluding hydrogens is 381 g/mol. The molecule has 0 radical (unpaired) electrons. The lowest BCUT2D eigenvalue weighted by atomic mass is 10.0. The fourth-order valence-corrected chi connectivity index (χ4v) is 3.96. The van der Waals surface area contributed by atoms with E-state index >= 15 is 0 Å². The van der Waals surface area contributed by atoms with Gasteiger partial charge in [0.2, 0.25) is 0 Å². The number of aryl methyl sites for hydroxylation is 1. The van der Waals surface area contributed by atoms with Gasteiger partial charge in [-0.05, 0) is 47.8 Å². The number of fused-ring (bicyclic) bond motifs is 1. The van der Waals surface area contributed by atoms with Gasteiger partial charge < -0.3 is 9.41 Å². The second-order valence-corrected chi connectivity index (χ2v) is 13.9. The number of hydrogen-bond donors (Lipinski definition) is 1. The van der Waals surface area contributed by atoms with Crippen LogP contribution in [0.2, 0.25) is 18.1 Å². The highest BCUT2D eigenvalue weighted by Crippen LogP contribution is 2.37. The van der Waals surface area contributed by atoms with Crippen molar-refractivity contribution in [1.82, 2.24) is 4.98 Å². The van der Waals surface area contributed by atoms with Crippen molar-refractivity contribution >= 4 is 19.2 Å². The number of aromatic nitrogens is 1. The van der Waals surface area contributed by atoms with Crippen LogP contribution in [0.3, 0.4) is 0 Å². The van der Waals surface area contributed by atoms with Gasteiger partial charge in [-0.3, -0.25) is 4.79 Å². The highest BCUT2D eigenvalue weighted by molar-refractivity contribution is 6.74. The highest BCUT2D eigenvalue weighted by atomic mass is 28.4. The standard InChI is InChI=1S/C24H30FNO2Si/c1-7-18-12-23(27)20-13-21(25)19(14-22(20)26-18)17-10-8-16(9-11-17)15-28-29(5,6)24(2,3)4/h8-14H,7,15H2,1-6H3,(H,26,27). The van der Waals surface area contributed by atoms with Crippen LogP contribution in [0, 0.1) is 5.82 Å². The van der Waals surface area contributed by atoms with Crippen molar-refractivity contribution in [3.05, 3.63) is 69.8 Å². The third-order valence-corrected chi connectivity index (χ3v) is 10.5. The third kappa shape index (κ3) is 4.51. The van der Waals surface area contributed by atoms with Gasteiger partial charge in [0.25, 0.3) is 0 Å². The first-order valence-electron chi connectivity index (χ1n) is 10.1. The topological polar surface area (TPSA) is 42.1 Å². The number of aromatic amines is 1. The van der Waals surface area contributed by atoms with E-state index in [9.17, 15) is 9.18 Å². The second-order valence-electron chi connectivity index (χ2n) is 9.14. The molecular formula is C24H30FNO2Si. The van der Waals surface area contributed by atoms with Crippen LogP contribution in [-0.4, -0.2) is 13.3 Å². The molecule has 0 aliphatic heterocycles. The SMILES string of the molecule is CCc1cc(=O)c2cc(F)c(-c3ccc(CO[Si](C)(C)C(C)(C)C)cc3)cc2[nH]1. The van der Waals surface area contributed by atoms with Crippen molar-refractivity contribution in [2.24, 2.45) is 0 Å². The van der Waals surface area contributed by atoms with E-state index in [1.54, 1.807) is 12.1 Å². The highest BCUT2D eigenvalue weighted by Gasteiger charge is 2.36. The van der Waals surface area contributed by atoms with Gasteiger partial charge in [0.05, 0.1) is 12.1 Å². The van der Waals surface area contributed by atoms with E-state index in [1.807, 2.05) is 31.2 Å². The molecule has 0 bridgehead atoms. The number of H-pyrrole nitrogens is 1. The van der Waals surface area contributed by atoms with Gasteiger partial charge in [-0.15, -0.1) is 0 Å². The molecule has 0 aliphatic carbocycles. The lowest BCUT2D eigenvalue weighted by Gasteiger charge is -2.36. The Labute approximate surface area is 173 Å². The zero-order chi connectivity index (χ0) is 21.4. The van der Waals surface area contributed by atoms with Crippen molar-refractivity contribution in [1.29, 1.82) is 0 Å². The summed E-state index contributed by atoms with van der Waals surface area (Å²) in [5.41, 5.74) is 3.69. The molecule has 1 N–H and O–H groups in total. The average molecular weight is 412 g/mol. The monoisotopic (exact) mass is 411 g/mol. The van der Waals surface area contributed by atoms with E-state index in [1.165, 1.54) is 6.07 Å². The van der Waals surface area contributed by atoms with Gasteiger partial charge in [-0.25, -0.2) is 4.39 Å². The molecule has 0 saturated heterocycles. The predicted octanol–water partition coefficient (Wildman–Crippen LogP) is 6.42. The van der Waals surface area contributed by atoms with Gasteiger partial charge in [-0.2, -0.15) is 0 Å². The Hall–Kier alpha value is -2.24. The van der Waals surface area contributed by atoms with E-state index in [2.05, 4.69) is 38.8 Å². The fraction of sp³-hybridized carbons (Fsp3) is 0.375. The Balaban J connectivity index is 1.89. The number of benzene rings is 2. The minimum atomic E-state index is -1.81. The quantitative estimate of drug-likeness (QED) is 0.492. The lowest BCUT2D eigenvalue weighted by molar-refractivity contribution is 0.276. The van der Waals surface area contributed by atoms with E-state index in [4.69, 9.17) is 4.43 Å². The summed E-state index contributed by atoms with van der Waals surface area (Å²) in [5, 5.41) is 0.540. The van der Waals surface area contributed by atoms with Crippen LogP contribution in [0.4, 0.5) is 4.39 Å². The normalized spacial score (nSPS) is 12.5. The summed E-state index contributed by atoms with van der Waals surface area (Å²) < 4.78 is 21.0. The molecule has 0 unspecified atom stereocenters. The Bertz CT molecular complexity index is 1080.